The molecule has 0 unspecified atom stereocenters. The summed E-state index contributed by atoms with van der Waals surface area (Å²) in [5.74, 6) is 5.66. The highest BCUT2D eigenvalue weighted by atomic mass is 32.1. The van der Waals surface area contributed by atoms with Crippen LogP contribution < -0.4 is 5.32 Å². The zero-order valence-electron chi connectivity index (χ0n) is 11.0. The van der Waals surface area contributed by atoms with Gasteiger partial charge in [0, 0.05) is 11.3 Å². The number of aromatic nitrogens is 1. The van der Waals surface area contributed by atoms with Crippen molar-refractivity contribution in [2.75, 3.05) is 6.61 Å². The number of rotatable bonds is 4. The van der Waals surface area contributed by atoms with Gasteiger partial charge in [-0.05, 0) is 19.1 Å². The molecule has 1 amide bonds. The van der Waals surface area contributed by atoms with Crippen molar-refractivity contribution in [3.05, 3.63) is 38.0 Å². The standard InChI is InChI=1S/C14H14N2O2S2/c1-10-13(19-9-16-10)8-15-14(18)12-6-5-11(20-12)4-2-3-7-17/h5-6,9,17H,3,7-8H2,1H3,(H,15,18). The van der Waals surface area contributed by atoms with Crippen molar-refractivity contribution in [2.45, 2.75) is 19.9 Å². The number of thiazole rings is 1. The van der Waals surface area contributed by atoms with Crippen molar-refractivity contribution in [3.8, 4) is 11.8 Å². The molecule has 0 saturated carbocycles. The van der Waals surface area contributed by atoms with Crippen LogP contribution in [0.3, 0.4) is 0 Å². The van der Waals surface area contributed by atoms with Gasteiger partial charge < -0.3 is 10.4 Å². The van der Waals surface area contributed by atoms with Gasteiger partial charge in [0.15, 0.2) is 0 Å². The molecule has 20 heavy (non-hydrogen) atoms. The quantitative estimate of drug-likeness (QED) is 0.851. The van der Waals surface area contributed by atoms with E-state index in [1.54, 1.807) is 11.6 Å². The Kier molecular flexibility index (Phi) is 5.30. The van der Waals surface area contributed by atoms with E-state index in [1.165, 1.54) is 22.7 Å². The van der Waals surface area contributed by atoms with E-state index < -0.39 is 0 Å². The Bertz CT molecular complexity index is 649. The fraction of sp³-hybridized carbons (Fsp3) is 0.286. The maximum absolute atomic E-state index is 12.0. The van der Waals surface area contributed by atoms with Gasteiger partial charge in [-0.1, -0.05) is 11.8 Å². The van der Waals surface area contributed by atoms with E-state index in [0.717, 1.165) is 15.4 Å². The molecule has 0 radical (unpaired) electrons. The van der Waals surface area contributed by atoms with E-state index in [1.807, 2.05) is 13.0 Å². The molecule has 6 heteroatoms. The highest BCUT2D eigenvalue weighted by Crippen LogP contribution is 2.16. The molecule has 0 atom stereocenters. The number of thiophene rings is 1. The predicted octanol–water partition coefficient (Wildman–Crippen LogP) is 2.18. The number of carbonyl (C=O) groups excluding carboxylic acids is 1. The van der Waals surface area contributed by atoms with Crippen molar-refractivity contribution in [1.29, 1.82) is 0 Å². The fourth-order valence-corrected chi connectivity index (χ4v) is 2.99. The highest BCUT2D eigenvalue weighted by Gasteiger charge is 2.09. The summed E-state index contributed by atoms with van der Waals surface area (Å²) < 4.78 is 0. The smallest absolute Gasteiger partial charge is 0.261 e. The van der Waals surface area contributed by atoms with Crippen LogP contribution in [0.1, 0.15) is 31.5 Å². The van der Waals surface area contributed by atoms with E-state index in [0.29, 0.717) is 17.8 Å². The van der Waals surface area contributed by atoms with Gasteiger partial charge in [0.25, 0.3) is 5.91 Å². The maximum Gasteiger partial charge on any atom is 0.261 e. The first-order valence-corrected chi connectivity index (χ1v) is 7.77. The second-order valence-corrected chi connectivity index (χ2v) is 6.01. The second-order valence-electron chi connectivity index (χ2n) is 3.98. The summed E-state index contributed by atoms with van der Waals surface area (Å²) in [5.41, 5.74) is 2.73. The number of amides is 1. The molecule has 0 aliphatic carbocycles. The van der Waals surface area contributed by atoms with Gasteiger partial charge in [0.1, 0.15) is 0 Å². The van der Waals surface area contributed by atoms with E-state index in [2.05, 4.69) is 22.1 Å². The fourth-order valence-electron chi connectivity index (χ4n) is 1.48. The molecule has 0 aliphatic heterocycles. The van der Waals surface area contributed by atoms with Crippen molar-refractivity contribution in [3.63, 3.8) is 0 Å². The average molecular weight is 306 g/mol. The minimum atomic E-state index is -0.0991. The third-order valence-electron chi connectivity index (χ3n) is 2.53. The lowest BCUT2D eigenvalue weighted by Crippen LogP contribution is -2.21. The van der Waals surface area contributed by atoms with E-state index in [4.69, 9.17) is 5.11 Å². The van der Waals surface area contributed by atoms with Crippen LogP contribution in [0.4, 0.5) is 0 Å². The lowest BCUT2D eigenvalue weighted by Gasteiger charge is -2.01. The lowest BCUT2D eigenvalue weighted by atomic mass is 10.3. The Morgan fingerprint density at radius 1 is 1.50 bits per heavy atom. The first-order chi connectivity index (χ1) is 9.70. The molecule has 2 heterocycles. The monoisotopic (exact) mass is 306 g/mol. The van der Waals surface area contributed by atoms with Gasteiger partial charge in [0.2, 0.25) is 0 Å². The first-order valence-electron chi connectivity index (χ1n) is 6.07. The van der Waals surface area contributed by atoms with Gasteiger partial charge in [-0.25, -0.2) is 4.98 Å². The van der Waals surface area contributed by atoms with Crippen molar-refractivity contribution < 1.29 is 9.90 Å². The Labute approximate surface area is 125 Å². The molecule has 0 spiro atoms. The summed E-state index contributed by atoms with van der Waals surface area (Å²) in [5, 5.41) is 11.5. The number of nitrogens with zero attached hydrogens (tertiary/aromatic N) is 1. The molecule has 2 aromatic heterocycles. The summed E-state index contributed by atoms with van der Waals surface area (Å²) in [7, 11) is 0. The van der Waals surface area contributed by atoms with Gasteiger partial charge in [-0.2, -0.15) is 0 Å². The maximum atomic E-state index is 12.0. The Balaban J connectivity index is 1.93. The molecule has 4 nitrogen and oxygen atoms in total. The number of carbonyl (C=O) groups is 1. The van der Waals surface area contributed by atoms with Crippen LogP contribution in [0, 0.1) is 18.8 Å². The topological polar surface area (TPSA) is 62.2 Å². The molecule has 0 bridgehead atoms. The predicted molar refractivity (Wildman–Crippen MR) is 80.9 cm³/mol. The summed E-state index contributed by atoms with van der Waals surface area (Å²) in [6.45, 7) is 2.48. The molecule has 0 fully saturated rings. The van der Waals surface area contributed by atoms with Gasteiger partial charge in [-0.3, -0.25) is 4.79 Å². The average Bonchev–Trinajstić information content (AvgIpc) is 3.06. The van der Waals surface area contributed by atoms with Gasteiger partial charge in [-0.15, -0.1) is 22.7 Å². The molecular formula is C14H14N2O2S2. The van der Waals surface area contributed by atoms with Crippen LogP contribution in [0.2, 0.25) is 0 Å². The molecule has 104 valence electrons. The molecule has 0 aliphatic rings. The van der Waals surface area contributed by atoms with E-state index >= 15 is 0 Å². The molecule has 2 N–H and O–H groups in total. The van der Waals surface area contributed by atoms with E-state index in [9.17, 15) is 4.79 Å². The van der Waals surface area contributed by atoms with Crippen LogP contribution in [-0.4, -0.2) is 22.6 Å². The largest absolute Gasteiger partial charge is 0.395 e. The molecule has 0 saturated heterocycles. The van der Waals surface area contributed by atoms with E-state index in [-0.39, 0.29) is 12.5 Å². The summed E-state index contributed by atoms with van der Waals surface area (Å²) in [6.07, 6.45) is 0.448. The summed E-state index contributed by atoms with van der Waals surface area (Å²) in [4.78, 5) is 18.7. The summed E-state index contributed by atoms with van der Waals surface area (Å²) in [6, 6.07) is 3.59. The Hall–Kier alpha value is -1.68. The SMILES string of the molecule is Cc1ncsc1CNC(=O)c1ccc(C#CCCO)s1. The Morgan fingerprint density at radius 2 is 2.35 bits per heavy atom. The van der Waals surface area contributed by atoms with Gasteiger partial charge in [0.05, 0.1) is 34.1 Å². The third kappa shape index (κ3) is 3.90. The van der Waals surface area contributed by atoms with Gasteiger partial charge >= 0.3 is 0 Å². The third-order valence-corrected chi connectivity index (χ3v) is 4.47. The van der Waals surface area contributed by atoms with Crippen LogP contribution in [0.25, 0.3) is 0 Å². The van der Waals surface area contributed by atoms with Crippen LogP contribution >= 0.6 is 22.7 Å². The molecule has 2 aromatic rings. The highest BCUT2D eigenvalue weighted by molar-refractivity contribution is 7.14. The summed E-state index contributed by atoms with van der Waals surface area (Å²) >= 11 is 2.89. The first kappa shape index (κ1) is 14.7. The van der Waals surface area contributed by atoms with Crippen molar-refractivity contribution in [2.24, 2.45) is 0 Å². The zero-order chi connectivity index (χ0) is 14.4. The molecule has 0 aromatic carbocycles. The number of aliphatic hydroxyl groups excluding tert-OH is 1. The minimum Gasteiger partial charge on any atom is -0.395 e. The molecular weight excluding hydrogens is 292 g/mol. The lowest BCUT2D eigenvalue weighted by molar-refractivity contribution is 0.0955. The van der Waals surface area contributed by atoms with Crippen molar-refractivity contribution in [1.82, 2.24) is 10.3 Å². The Morgan fingerprint density at radius 3 is 3.05 bits per heavy atom. The van der Waals surface area contributed by atoms with Crippen molar-refractivity contribution >= 4 is 28.6 Å². The van der Waals surface area contributed by atoms with Crippen LogP contribution in [-0.2, 0) is 6.54 Å². The number of hydrogen-bond donors (Lipinski definition) is 2. The molecule has 2 rings (SSSR count). The minimum absolute atomic E-state index is 0.0555. The number of hydrogen-bond acceptors (Lipinski definition) is 5. The normalized spacial score (nSPS) is 9.90. The zero-order valence-corrected chi connectivity index (χ0v) is 12.6. The number of nitrogens with one attached hydrogen (secondary N) is 1. The second kappa shape index (κ2) is 7.20. The van der Waals surface area contributed by atoms with Crippen LogP contribution in [0.15, 0.2) is 17.6 Å². The van der Waals surface area contributed by atoms with Crippen LogP contribution in [0.5, 0.6) is 0 Å². The number of aliphatic hydroxyl groups is 1. The number of aryl methyl sites for hydroxylation is 1.